The third kappa shape index (κ3) is 2.89. The number of hydrogen-bond acceptors (Lipinski definition) is 4. The smallest absolute Gasteiger partial charge is 0.147 e. The van der Waals surface area contributed by atoms with Crippen LogP contribution in [0.15, 0.2) is 42.6 Å². The van der Waals surface area contributed by atoms with E-state index in [1.165, 1.54) is 19.3 Å². The molecule has 1 aliphatic heterocycles. The van der Waals surface area contributed by atoms with Crippen LogP contribution in [0.5, 0.6) is 5.75 Å². The molecular weight excluding hydrogens is 322 g/mol. The quantitative estimate of drug-likeness (QED) is 0.738. The van der Waals surface area contributed by atoms with Gasteiger partial charge >= 0.3 is 0 Å². The van der Waals surface area contributed by atoms with E-state index in [0.29, 0.717) is 5.02 Å². The van der Waals surface area contributed by atoms with Crippen molar-refractivity contribution in [2.24, 2.45) is 0 Å². The molecular formula is C19H18ClN3O. The van der Waals surface area contributed by atoms with Crippen molar-refractivity contribution in [3.05, 3.63) is 47.6 Å². The first-order valence-electron chi connectivity index (χ1n) is 8.21. The number of hydrogen-bond donors (Lipinski definition) is 1. The Morgan fingerprint density at radius 2 is 1.79 bits per heavy atom. The molecule has 0 aliphatic carbocycles. The zero-order valence-electron chi connectivity index (χ0n) is 13.2. The lowest BCUT2D eigenvalue weighted by Crippen LogP contribution is -2.30. The molecule has 1 aliphatic rings. The van der Waals surface area contributed by atoms with Gasteiger partial charge in [0, 0.05) is 23.7 Å². The van der Waals surface area contributed by atoms with Gasteiger partial charge < -0.3 is 10.0 Å². The van der Waals surface area contributed by atoms with E-state index in [2.05, 4.69) is 9.88 Å². The van der Waals surface area contributed by atoms with Gasteiger partial charge in [0.1, 0.15) is 11.6 Å². The van der Waals surface area contributed by atoms with E-state index in [1.807, 2.05) is 24.4 Å². The Morgan fingerprint density at radius 3 is 2.62 bits per heavy atom. The first-order valence-corrected chi connectivity index (χ1v) is 8.59. The fourth-order valence-corrected chi connectivity index (χ4v) is 3.41. The average molecular weight is 340 g/mol. The molecule has 4 nitrogen and oxygen atoms in total. The first-order chi connectivity index (χ1) is 11.7. The Hall–Kier alpha value is -2.33. The molecule has 0 saturated carbocycles. The first kappa shape index (κ1) is 15.2. The Labute approximate surface area is 145 Å². The highest BCUT2D eigenvalue weighted by molar-refractivity contribution is 6.33. The minimum absolute atomic E-state index is 0.197. The third-order valence-electron chi connectivity index (χ3n) is 4.47. The maximum Gasteiger partial charge on any atom is 0.147 e. The van der Waals surface area contributed by atoms with Crippen LogP contribution in [0.4, 0.5) is 5.82 Å². The number of nitrogens with zero attached hydrogens (tertiary/aromatic N) is 3. The van der Waals surface area contributed by atoms with Crippen LogP contribution in [0.2, 0.25) is 5.02 Å². The molecule has 0 bridgehead atoms. The van der Waals surface area contributed by atoms with Gasteiger partial charge in [0.15, 0.2) is 0 Å². The molecule has 2 heterocycles. The average Bonchev–Trinajstić information content (AvgIpc) is 2.63. The SMILES string of the molecule is Oc1ccc(Cl)c(-c2ccc3ncc(N4CCCCC4)nc3c2)c1. The number of phenols is 1. The summed E-state index contributed by atoms with van der Waals surface area (Å²) in [5, 5.41) is 10.3. The maximum atomic E-state index is 9.73. The van der Waals surface area contributed by atoms with Gasteiger partial charge in [-0.05, 0) is 55.2 Å². The van der Waals surface area contributed by atoms with Crippen molar-refractivity contribution in [3.63, 3.8) is 0 Å². The van der Waals surface area contributed by atoms with Gasteiger partial charge in [0.2, 0.25) is 0 Å². The van der Waals surface area contributed by atoms with Crippen molar-refractivity contribution in [2.45, 2.75) is 19.3 Å². The number of fused-ring (bicyclic) bond motifs is 1. The summed E-state index contributed by atoms with van der Waals surface area (Å²) in [4.78, 5) is 11.6. The summed E-state index contributed by atoms with van der Waals surface area (Å²) in [6.45, 7) is 2.08. The minimum atomic E-state index is 0.197. The lowest BCUT2D eigenvalue weighted by atomic mass is 10.0. The second kappa shape index (κ2) is 6.29. The Kier molecular flexibility index (Phi) is 3.98. The lowest BCUT2D eigenvalue weighted by Gasteiger charge is -2.27. The van der Waals surface area contributed by atoms with Crippen LogP contribution in [0.25, 0.3) is 22.2 Å². The van der Waals surface area contributed by atoms with Gasteiger partial charge in [0.05, 0.1) is 17.2 Å². The molecule has 1 aromatic heterocycles. The van der Waals surface area contributed by atoms with E-state index < -0.39 is 0 Å². The van der Waals surface area contributed by atoms with Crippen molar-refractivity contribution in [2.75, 3.05) is 18.0 Å². The fourth-order valence-electron chi connectivity index (χ4n) is 3.18. The molecule has 122 valence electrons. The van der Waals surface area contributed by atoms with Gasteiger partial charge in [-0.15, -0.1) is 0 Å². The number of benzene rings is 2. The highest BCUT2D eigenvalue weighted by atomic mass is 35.5. The Morgan fingerprint density at radius 1 is 0.958 bits per heavy atom. The molecule has 0 radical (unpaired) electrons. The molecule has 1 fully saturated rings. The van der Waals surface area contributed by atoms with Gasteiger partial charge in [-0.1, -0.05) is 17.7 Å². The van der Waals surface area contributed by atoms with Crippen molar-refractivity contribution in [3.8, 4) is 16.9 Å². The summed E-state index contributed by atoms with van der Waals surface area (Å²) in [6, 6.07) is 10.8. The summed E-state index contributed by atoms with van der Waals surface area (Å²) >= 11 is 6.28. The van der Waals surface area contributed by atoms with E-state index in [9.17, 15) is 5.11 Å². The molecule has 4 rings (SSSR count). The Bertz CT molecular complexity index is 891. The second-order valence-corrected chi connectivity index (χ2v) is 6.55. The van der Waals surface area contributed by atoms with E-state index >= 15 is 0 Å². The summed E-state index contributed by atoms with van der Waals surface area (Å²) in [7, 11) is 0. The van der Waals surface area contributed by atoms with E-state index in [1.54, 1.807) is 18.2 Å². The summed E-state index contributed by atoms with van der Waals surface area (Å²) < 4.78 is 0. The number of rotatable bonds is 2. The topological polar surface area (TPSA) is 49.3 Å². The number of piperidine rings is 1. The molecule has 0 spiro atoms. The highest BCUT2D eigenvalue weighted by Gasteiger charge is 2.13. The molecule has 3 aromatic rings. The molecule has 5 heteroatoms. The van der Waals surface area contributed by atoms with E-state index in [-0.39, 0.29) is 5.75 Å². The second-order valence-electron chi connectivity index (χ2n) is 6.14. The van der Waals surface area contributed by atoms with Crippen LogP contribution in [0.1, 0.15) is 19.3 Å². The predicted molar refractivity (Wildman–Crippen MR) is 97.7 cm³/mol. The summed E-state index contributed by atoms with van der Waals surface area (Å²) in [5.74, 6) is 1.13. The van der Waals surface area contributed by atoms with Crippen LogP contribution >= 0.6 is 11.6 Å². The molecule has 2 aromatic carbocycles. The van der Waals surface area contributed by atoms with Gasteiger partial charge in [-0.25, -0.2) is 4.98 Å². The van der Waals surface area contributed by atoms with Crippen molar-refractivity contribution in [1.82, 2.24) is 9.97 Å². The van der Waals surface area contributed by atoms with Crippen LogP contribution < -0.4 is 4.90 Å². The zero-order chi connectivity index (χ0) is 16.5. The fraction of sp³-hybridized carbons (Fsp3) is 0.263. The van der Waals surface area contributed by atoms with Crippen molar-refractivity contribution < 1.29 is 5.11 Å². The number of halogens is 1. The largest absolute Gasteiger partial charge is 0.508 e. The molecule has 1 saturated heterocycles. The van der Waals surface area contributed by atoms with Crippen LogP contribution in [-0.2, 0) is 0 Å². The number of anilines is 1. The predicted octanol–water partition coefficient (Wildman–Crippen LogP) is 4.65. The molecule has 0 amide bonds. The van der Waals surface area contributed by atoms with Crippen LogP contribution in [0, 0.1) is 0 Å². The molecule has 24 heavy (non-hydrogen) atoms. The van der Waals surface area contributed by atoms with Crippen LogP contribution in [-0.4, -0.2) is 28.2 Å². The number of aromatic nitrogens is 2. The molecule has 0 atom stereocenters. The zero-order valence-corrected chi connectivity index (χ0v) is 14.0. The molecule has 0 unspecified atom stereocenters. The van der Waals surface area contributed by atoms with Gasteiger partial charge in [-0.2, -0.15) is 0 Å². The third-order valence-corrected chi connectivity index (χ3v) is 4.80. The number of phenolic OH excluding ortho intramolecular Hbond substituents is 1. The minimum Gasteiger partial charge on any atom is -0.508 e. The standard InChI is InChI=1S/C19H18ClN3O/c20-16-6-5-14(24)11-15(16)13-4-7-17-18(10-13)22-19(12-21-17)23-8-2-1-3-9-23/h4-7,10-12,24H,1-3,8-9H2. The maximum absolute atomic E-state index is 9.73. The lowest BCUT2D eigenvalue weighted by molar-refractivity contribution is 0.475. The van der Waals surface area contributed by atoms with E-state index in [4.69, 9.17) is 16.6 Å². The Balaban J connectivity index is 1.77. The monoisotopic (exact) mass is 339 g/mol. The van der Waals surface area contributed by atoms with Crippen molar-refractivity contribution in [1.29, 1.82) is 0 Å². The highest BCUT2D eigenvalue weighted by Crippen LogP contribution is 2.32. The van der Waals surface area contributed by atoms with Gasteiger partial charge in [-0.3, -0.25) is 4.98 Å². The van der Waals surface area contributed by atoms with Crippen LogP contribution in [0.3, 0.4) is 0 Å². The summed E-state index contributed by atoms with van der Waals surface area (Å²) in [5.41, 5.74) is 3.42. The van der Waals surface area contributed by atoms with E-state index in [0.717, 1.165) is 41.1 Å². The normalized spacial score (nSPS) is 15.0. The summed E-state index contributed by atoms with van der Waals surface area (Å²) in [6.07, 6.45) is 5.56. The number of aromatic hydroxyl groups is 1. The van der Waals surface area contributed by atoms with Gasteiger partial charge in [0.25, 0.3) is 0 Å². The molecule has 1 N–H and O–H groups in total. The van der Waals surface area contributed by atoms with Crippen molar-refractivity contribution >= 4 is 28.5 Å².